The minimum absolute atomic E-state index is 0.0000148. The van der Waals surface area contributed by atoms with E-state index in [4.69, 9.17) is 9.47 Å². The number of rotatable bonds is 5. The van der Waals surface area contributed by atoms with E-state index in [-0.39, 0.29) is 17.6 Å². The number of hydrogen-bond donors (Lipinski definition) is 2. The van der Waals surface area contributed by atoms with Gasteiger partial charge in [0.05, 0.1) is 7.11 Å². The molecule has 1 aliphatic heterocycles. The van der Waals surface area contributed by atoms with Gasteiger partial charge in [-0.1, -0.05) is 12.1 Å². The molecule has 29 heavy (non-hydrogen) atoms. The molecule has 1 fully saturated rings. The lowest BCUT2D eigenvalue weighted by Gasteiger charge is -2.38. The molecule has 2 aromatic rings. The highest BCUT2D eigenvalue weighted by molar-refractivity contribution is 6.39. The quantitative estimate of drug-likeness (QED) is 0.752. The molecule has 0 atom stereocenters. The van der Waals surface area contributed by atoms with Gasteiger partial charge in [0.1, 0.15) is 5.75 Å². The van der Waals surface area contributed by atoms with Gasteiger partial charge < -0.3 is 20.1 Å². The van der Waals surface area contributed by atoms with Gasteiger partial charge in [-0.15, -0.1) is 0 Å². The average molecular weight is 404 g/mol. The van der Waals surface area contributed by atoms with Gasteiger partial charge in [0, 0.05) is 36.9 Å². The summed E-state index contributed by atoms with van der Waals surface area (Å²) >= 11 is 0. The van der Waals surface area contributed by atoms with Gasteiger partial charge in [0.25, 0.3) is 0 Å². The lowest BCUT2D eigenvalue weighted by Crippen LogP contribution is -2.47. The predicted octanol–water partition coefficient (Wildman–Crippen LogP) is 2.78. The van der Waals surface area contributed by atoms with Crippen LogP contribution in [-0.4, -0.2) is 38.7 Å². The molecule has 154 valence electrons. The Kier molecular flexibility index (Phi) is 6.43. The second-order valence-corrected chi connectivity index (χ2v) is 6.89. The zero-order valence-corrected chi connectivity index (χ0v) is 16.0. The molecule has 1 aliphatic rings. The number of carbonyl (C=O) groups is 2. The number of halogens is 2. The molecule has 2 aromatic carbocycles. The van der Waals surface area contributed by atoms with Crippen LogP contribution in [0.4, 0.5) is 14.5 Å². The lowest BCUT2D eigenvalue weighted by atomic mass is 9.74. The Labute approximate surface area is 167 Å². The molecular formula is C21H22F2N2O4. The summed E-state index contributed by atoms with van der Waals surface area (Å²) in [6.07, 6.45) is 1.37. The SMILES string of the molecule is COc1ccc(C2(CNC(=O)C(=O)Nc3ccc(F)c(F)c3)CCOCC2)cc1. The number of benzene rings is 2. The maximum absolute atomic E-state index is 13.3. The van der Waals surface area contributed by atoms with Crippen LogP contribution in [0.5, 0.6) is 5.75 Å². The third-order valence-electron chi connectivity index (χ3n) is 5.12. The maximum Gasteiger partial charge on any atom is 0.313 e. The van der Waals surface area contributed by atoms with E-state index in [1.807, 2.05) is 24.3 Å². The monoisotopic (exact) mass is 404 g/mol. The molecule has 0 bridgehead atoms. The van der Waals surface area contributed by atoms with Crippen molar-refractivity contribution in [3.63, 3.8) is 0 Å². The van der Waals surface area contributed by atoms with E-state index in [2.05, 4.69) is 10.6 Å². The first-order valence-electron chi connectivity index (χ1n) is 9.20. The van der Waals surface area contributed by atoms with Gasteiger partial charge >= 0.3 is 11.8 Å². The average Bonchev–Trinajstić information content (AvgIpc) is 2.75. The van der Waals surface area contributed by atoms with Crippen LogP contribution in [0.3, 0.4) is 0 Å². The Morgan fingerprint density at radius 1 is 1.03 bits per heavy atom. The van der Waals surface area contributed by atoms with Crippen molar-refractivity contribution in [1.29, 1.82) is 0 Å². The van der Waals surface area contributed by atoms with Gasteiger partial charge in [-0.25, -0.2) is 8.78 Å². The number of methoxy groups -OCH3 is 1. The van der Waals surface area contributed by atoms with E-state index in [0.717, 1.165) is 23.4 Å². The second kappa shape index (κ2) is 9.00. The first-order valence-corrected chi connectivity index (χ1v) is 9.20. The summed E-state index contributed by atoms with van der Waals surface area (Å²) in [6.45, 7) is 1.33. The van der Waals surface area contributed by atoms with Crippen LogP contribution in [0, 0.1) is 11.6 Å². The zero-order valence-electron chi connectivity index (χ0n) is 16.0. The normalized spacial score (nSPS) is 15.4. The van der Waals surface area contributed by atoms with Crippen molar-refractivity contribution in [1.82, 2.24) is 5.32 Å². The van der Waals surface area contributed by atoms with E-state index in [9.17, 15) is 18.4 Å². The number of hydrogen-bond acceptors (Lipinski definition) is 4. The molecule has 0 aliphatic carbocycles. The van der Waals surface area contributed by atoms with E-state index in [1.165, 1.54) is 6.07 Å². The Morgan fingerprint density at radius 3 is 2.34 bits per heavy atom. The van der Waals surface area contributed by atoms with Gasteiger partial charge in [-0.2, -0.15) is 0 Å². The molecule has 0 radical (unpaired) electrons. The molecule has 0 aromatic heterocycles. The van der Waals surface area contributed by atoms with E-state index in [1.54, 1.807) is 7.11 Å². The third-order valence-corrected chi connectivity index (χ3v) is 5.12. The van der Waals surface area contributed by atoms with Crippen molar-refractivity contribution in [3.05, 3.63) is 59.7 Å². The molecule has 0 spiro atoms. The summed E-state index contributed by atoms with van der Waals surface area (Å²) in [4.78, 5) is 24.4. The molecule has 8 heteroatoms. The van der Waals surface area contributed by atoms with Crippen LogP contribution in [0.15, 0.2) is 42.5 Å². The highest BCUT2D eigenvalue weighted by Crippen LogP contribution is 2.35. The number of amides is 2. The summed E-state index contributed by atoms with van der Waals surface area (Å²) in [5.74, 6) is -3.22. The molecule has 6 nitrogen and oxygen atoms in total. The van der Waals surface area contributed by atoms with Crippen LogP contribution >= 0.6 is 0 Å². The van der Waals surface area contributed by atoms with Crippen LogP contribution < -0.4 is 15.4 Å². The summed E-state index contributed by atoms with van der Waals surface area (Å²) in [6, 6.07) is 10.5. The summed E-state index contributed by atoms with van der Waals surface area (Å²) in [5, 5.41) is 4.93. The van der Waals surface area contributed by atoms with E-state index >= 15 is 0 Å². The van der Waals surface area contributed by atoms with Crippen molar-refractivity contribution in [2.75, 3.05) is 32.2 Å². The van der Waals surface area contributed by atoms with Crippen molar-refractivity contribution >= 4 is 17.5 Å². The van der Waals surface area contributed by atoms with Crippen LogP contribution in [0.1, 0.15) is 18.4 Å². The molecule has 3 rings (SSSR count). The molecular weight excluding hydrogens is 382 g/mol. The number of ether oxygens (including phenoxy) is 2. The fourth-order valence-corrected chi connectivity index (χ4v) is 3.37. The standard InChI is InChI=1S/C21H22F2N2O4/c1-28-16-5-2-14(3-6-16)21(8-10-29-11-9-21)13-24-19(26)20(27)25-15-4-7-17(22)18(23)12-15/h2-7,12H,8-11,13H2,1H3,(H,24,26)(H,25,27). The first kappa shape index (κ1) is 20.7. The van der Waals surface area contributed by atoms with Gasteiger partial charge in [-0.3, -0.25) is 9.59 Å². The summed E-state index contributed by atoms with van der Waals surface area (Å²) in [7, 11) is 1.59. The Hall–Kier alpha value is -3.00. The van der Waals surface area contributed by atoms with Crippen molar-refractivity contribution in [2.45, 2.75) is 18.3 Å². The fourth-order valence-electron chi connectivity index (χ4n) is 3.37. The topological polar surface area (TPSA) is 76.7 Å². The van der Waals surface area contributed by atoms with E-state index in [0.29, 0.717) is 26.1 Å². The Morgan fingerprint density at radius 2 is 1.72 bits per heavy atom. The van der Waals surface area contributed by atoms with Crippen molar-refractivity contribution in [3.8, 4) is 5.75 Å². The maximum atomic E-state index is 13.3. The van der Waals surface area contributed by atoms with Gasteiger partial charge in [0.2, 0.25) is 0 Å². The highest BCUT2D eigenvalue weighted by atomic mass is 19.2. The summed E-state index contributed by atoms with van der Waals surface area (Å²) < 4.78 is 36.9. The Balaban J connectivity index is 1.67. The number of carbonyl (C=O) groups excluding carboxylic acids is 2. The molecule has 0 unspecified atom stereocenters. The predicted molar refractivity (Wildman–Crippen MR) is 103 cm³/mol. The highest BCUT2D eigenvalue weighted by Gasteiger charge is 2.35. The smallest absolute Gasteiger partial charge is 0.313 e. The van der Waals surface area contributed by atoms with Gasteiger partial charge in [0.15, 0.2) is 11.6 Å². The second-order valence-electron chi connectivity index (χ2n) is 6.89. The number of anilines is 1. The minimum Gasteiger partial charge on any atom is -0.497 e. The van der Waals surface area contributed by atoms with Crippen molar-refractivity contribution < 1.29 is 27.8 Å². The summed E-state index contributed by atoms with van der Waals surface area (Å²) in [5.41, 5.74) is 0.644. The molecule has 1 heterocycles. The first-order chi connectivity index (χ1) is 13.9. The lowest BCUT2D eigenvalue weighted by molar-refractivity contribution is -0.136. The largest absolute Gasteiger partial charge is 0.497 e. The molecule has 0 saturated carbocycles. The number of nitrogens with one attached hydrogen (secondary N) is 2. The Bertz CT molecular complexity index is 881. The van der Waals surface area contributed by atoms with Crippen molar-refractivity contribution in [2.24, 2.45) is 0 Å². The molecule has 1 saturated heterocycles. The molecule has 2 N–H and O–H groups in total. The third kappa shape index (κ3) is 4.89. The van der Waals surface area contributed by atoms with Crippen LogP contribution in [0.2, 0.25) is 0 Å². The van der Waals surface area contributed by atoms with E-state index < -0.39 is 23.4 Å². The zero-order chi connectivity index (χ0) is 20.9. The molecule has 2 amide bonds. The van der Waals surface area contributed by atoms with Crippen LogP contribution in [-0.2, 0) is 19.7 Å². The minimum atomic E-state index is -1.11. The van der Waals surface area contributed by atoms with Crippen LogP contribution in [0.25, 0.3) is 0 Å². The van der Waals surface area contributed by atoms with Gasteiger partial charge in [-0.05, 0) is 42.7 Å². The fraction of sp³-hybridized carbons (Fsp3) is 0.333.